The van der Waals surface area contributed by atoms with Gasteiger partial charge < -0.3 is 5.32 Å². The zero-order valence-corrected chi connectivity index (χ0v) is 15.4. The molecule has 1 amide bonds. The van der Waals surface area contributed by atoms with Crippen molar-refractivity contribution in [3.05, 3.63) is 49.9 Å². The molecule has 2 aromatic rings. The van der Waals surface area contributed by atoms with Gasteiger partial charge >= 0.3 is 0 Å². The molecule has 1 aliphatic heterocycles. The number of benzene rings is 1. The number of rotatable bonds is 3. The van der Waals surface area contributed by atoms with Crippen molar-refractivity contribution in [1.29, 1.82) is 0 Å². The summed E-state index contributed by atoms with van der Waals surface area (Å²) in [6.45, 7) is 3.57. The Balaban J connectivity index is 1.80. The molecule has 8 heteroatoms. The summed E-state index contributed by atoms with van der Waals surface area (Å²) in [6, 6.07) is 4.83. The molecule has 0 bridgehead atoms. The Hall–Kier alpha value is -1.50. The van der Waals surface area contributed by atoms with E-state index < -0.39 is 0 Å². The summed E-state index contributed by atoms with van der Waals surface area (Å²) in [7, 11) is 0. The first kappa shape index (κ1) is 17.3. The summed E-state index contributed by atoms with van der Waals surface area (Å²) in [5.41, 5.74) is 1.73. The molecule has 5 nitrogen and oxygen atoms in total. The average molecular weight is 384 g/mol. The predicted molar refractivity (Wildman–Crippen MR) is 97.4 cm³/mol. The minimum Gasteiger partial charge on any atom is -0.325 e. The van der Waals surface area contributed by atoms with Gasteiger partial charge in [-0.1, -0.05) is 41.0 Å². The number of amides is 1. The first-order valence-electron chi connectivity index (χ1n) is 7.35. The van der Waals surface area contributed by atoms with Gasteiger partial charge in [-0.25, -0.2) is 4.98 Å². The lowest BCUT2D eigenvalue weighted by Crippen LogP contribution is -2.29. The van der Waals surface area contributed by atoms with E-state index in [-0.39, 0.29) is 23.9 Å². The van der Waals surface area contributed by atoms with Crippen LogP contribution in [0.1, 0.15) is 23.7 Å². The van der Waals surface area contributed by atoms with Crippen LogP contribution in [-0.4, -0.2) is 21.2 Å². The Morgan fingerprint density at radius 3 is 2.92 bits per heavy atom. The number of halogens is 2. The molecular formula is C16H15Cl2N3O2S. The van der Waals surface area contributed by atoms with Gasteiger partial charge in [-0.05, 0) is 26.0 Å². The monoisotopic (exact) mass is 383 g/mol. The van der Waals surface area contributed by atoms with Crippen molar-refractivity contribution in [2.75, 3.05) is 11.1 Å². The first-order chi connectivity index (χ1) is 11.4. The van der Waals surface area contributed by atoms with Gasteiger partial charge in [0, 0.05) is 23.4 Å². The highest BCUT2D eigenvalue weighted by Gasteiger charge is 2.28. The summed E-state index contributed by atoms with van der Waals surface area (Å²) >= 11 is 13.5. The third-order valence-electron chi connectivity index (χ3n) is 3.97. The summed E-state index contributed by atoms with van der Waals surface area (Å²) in [6.07, 6.45) is 0.174. The van der Waals surface area contributed by atoms with Gasteiger partial charge in [0.2, 0.25) is 5.91 Å². The highest BCUT2D eigenvalue weighted by molar-refractivity contribution is 7.99. The number of aromatic nitrogens is 2. The number of carbonyl (C=O) groups excluding carboxylic acids is 1. The molecule has 126 valence electrons. The molecule has 1 aromatic heterocycles. The van der Waals surface area contributed by atoms with Crippen LogP contribution in [0.4, 0.5) is 5.69 Å². The Bertz CT molecular complexity index is 882. The van der Waals surface area contributed by atoms with Gasteiger partial charge in [-0.3, -0.25) is 14.2 Å². The van der Waals surface area contributed by atoms with E-state index in [1.165, 1.54) is 11.8 Å². The lowest BCUT2D eigenvalue weighted by molar-refractivity contribution is -0.116. The van der Waals surface area contributed by atoms with Gasteiger partial charge in [0.1, 0.15) is 0 Å². The molecule has 0 saturated carbocycles. The van der Waals surface area contributed by atoms with Crippen LogP contribution in [0.15, 0.2) is 28.2 Å². The summed E-state index contributed by atoms with van der Waals surface area (Å²) in [5.74, 6) is 0.421. The molecule has 1 N–H and O–H groups in total. The third kappa shape index (κ3) is 3.18. The van der Waals surface area contributed by atoms with E-state index in [1.807, 2.05) is 6.92 Å². The third-order valence-corrected chi connectivity index (χ3v) is 5.88. The summed E-state index contributed by atoms with van der Waals surface area (Å²) in [4.78, 5) is 29.3. The Labute approximate surface area is 153 Å². The fraction of sp³-hybridized carbons (Fsp3) is 0.312. The van der Waals surface area contributed by atoms with E-state index >= 15 is 0 Å². The smallest absolute Gasteiger partial charge is 0.257 e. The number of aryl methyl sites for hydroxylation is 1. The Morgan fingerprint density at radius 2 is 2.17 bits per heavy atom. The van der Waals surface area contributed by atoms with Crippen LogP contribution in [0.3, 0.4) is 0 Å². The number of anilines is 1. The number of hydrogen-bond acceptors (Lipinski definition) is 4. The topological polar surface area (TPSA) is 64.0 Å². The fourth-order valence-corrected chi connectivity index (χ4v) is 4.07. The average Bonchev–Trinajstić information content (AvgIpc) is 2.92. The molecule has 3 rings (SSSR count). The molecule has 2 heterocycles. The normalized spacial score (nSPS) is 16.1. The van der Waals surface area contributed by atoms with Crippen molar-refractivity contribution < 1.29 is 4.79 Å². The fourth-order valence-electron chi connectivity index (χ4n) is 2.54. The Morgan fingerprint density at radius 1 is 1.42 bits per heavy atom. The summed E-state index contributed by atoms with van der Waals surface area (Å²) in [5, 5.41) is 4.10. The SMILES string of the molecule is Cc1nc2n(c(=O)c1C)C(CC(=O)Nc1cccc(Cl)c1Cl)CS2. The van der Waals surface area contributed by atoms with E-state index in [0.29, 0.717) is 32.2 Å². The molecule has 0 aliphatic carbocycles. The second kappa shape index (κ2) is 6.78. The van der Waals surface area contributed by atoms with Crippen molar-refractivity contribution in [3.8, 4) is 0 Å². The quantitative estimate of drug-likeness (QED) is 0.817. The minimum atomic E-state index is -0.220. The van der Waals surface area contributed by atoms with E-state index in [0.717, 1.165) is 5.69 Å². The number of fused-ring (bicyclic) bond motifs is 1. The van der Waals surface area contributed by atoms with Crippen LogP contribution in [0, 0.1) is 13.8 Å². The number of thioether (sulfide) groups is 1. The number of nitrogens with zero attached hydrogens (tertiary/aromatic N) is 2. The van der Waals surface area contributed by atoms with Gasteiger partial charge in [-0.2, -0.15) is 0 Å². The number of carbonyl (C=O) groups is 1. The molecular weight excluding hydrogens is 369 g/mol. The molecule has 1 unspecified atom stereocenters. The van der Waals surface area contributed by atoms with Crippen molar-refractivity contribution in [1.82, 2.24) is 9.55 Å². The molecule has 0 saturated heterocycles. The van der Waals surface area contributed by atoms with E-state index in [4.69, 9.17) is 23.2 Å². The second-order valence-electron chi connectivity index (χ2n) is 5.60. The van der Waals surface area contributed by atoms with Crippen LogP contribution in [0.25, 0.3) is 0 Å². The molecule has 1 atom stereocenters. The van der Waals surface area contributed by atoms with E-state index in [1.54, 1.807) is 29.7 Å². The van der Waals surface area contributed by atoms with Crippen LogP contribution >= 0.6 is 35.0 Å². The minimum absolute atomic E-state index is 0.0823. The number of nitrogens with one attached hydrogen (secondary N) is 1. The first-order valence-corrected chi connectivity index (χ1v) is 9.09. The van der Waals surface area contributed by atoms with Gasteiger partial charge in [0.15, 0.2) is 5.16 Å². The second-order valence-corrected chi connectivity index (χ2v) is 7.37. The van der Waals surface area contributed by atoms with Gasteiger partial charge in [0.05, 0.1) is 21.8 Å². The molecule has 0 fully saturated rings. The zero-order chi connectivity index (χ0) is 17.4. The van der Waals surface area contributed by atoms with E-state index in [2.05, 4.69) is 10.3 Å². The van der Waals surface area contributed by atoms with Crippen molar-refractivity contribution >= 4 is 46.6 Å². The van der Waals surface area contributed by atoms with Crippen LogP contribution in [0.5, 0.6) is 0 Å². The summed E-state index contributed by atoms with van der Waals surface area (Å²) < 4.78 is 1.62. The van der Waals surface area contributed by atoms with Crippen LogP contribution in [-0.2, 0) is 4.79 Å². The molecule has 0 radical (unpaired) electrons. The molecule has 1 aromatic carbocycles. The molecule has 24 heavy (non-hydrogen) atoms. The van der Waals surface area contributed by atoms with Crippen molar-refractivity contribution in [2.45, 2.75) is 31.5 Å². The van der Waals surface area contributed by atoms with Crippen molar-refractivity contribution in [2.24, 2.45) is 0 Å². The number of hydrogen-bond donors (Lipinski definition) is 1. The lowest BCUT2D eigenvalue weighted by Gasteiger charge is -2.15. The molecule has 1 aliphatic rings. The zero-order valence-electron chi connectivity index (χ0n) is 13.1. The highest BCUT2D eigenvalue weighted by Crippen LogP contribution is 2.34. The predicted octanol–water partition coefficient (Wildman–Crippen LogP) is 3.84. The lowest BCUT2D eigenvalue weighted by atomic mass is 10.2. The van der Waals surface area contributed by atoms with Gasteiger partial charge in [-0.15, -0.1) is 0 Å². The van der Waals surface area contributed by atoms with Crippen LogP contribution in [0.2, 0.25) is 10.0 Å². The van der Waals surface area contributed by atoms with E-state index in [9.17, 15) is 9.59 Å². The highest BCUT2D eigenvalue weighted by atomic mass is 35.5. The maximum Gasteiger partial charge on any atom is 0.257 e. The maximum atomic E-state index is 12.5. The molecule has 0 spiro atoms. The maximum absolute atomic E-state index is 12.5. The largest absolute Gasteiger partial charge is 0.325 e. The Kier molecular flexibility index (Phi) is 4.90. The van der Waals surface area contributed by atoms with Crippen molar-refractivity contribution in [3.63, 3.8) is 0 Å². The standard InChI is InChI=1S/C16H15Cl2N3O2S/c1-8-9(2)19-16-21(15(8)23)10(7-24-16)6-13(22)20-12-5-3-4-11(17)14(12)18/h3-5,10H,6-7H2,1-2H3,(H,20,22). The van der Waals surface area contributed by atoms with Crippen LogP contribution < -0.4 is 10.9 Å². The van der Waals surface area contributed by atoms with Gasteiger partial charge in [0.25, 0.3) is 5.56 Å².